The molecule has 17 heavy (non-hydrogen) atoms. The molecule has 6 heteroatoms. The Kier molecular flexibility index (Phi) is 4.33. The third-order valence-electron chi connectivity index (χ3n) is 2.78. The molecule has 1 aromatic rings. The van der Waals surface area contributed by atoms with Gasteiger partial charge >= 0.3 is 0 Å². The minimum atomic E-state index is -0.00218. The Morgan fingerprint density at radius 3 is 3.24 bits per heavy atom. The van der Waals surface area contributed by atoms with Crippen molar-refractivity contribution in [2.75, 3.05) is 18.9 Å². The lowest BCUT2D eigenvalue weighted by Gasteiger charge is -2.23. The number of nitrogens with zero attached hydrogens (tertiary/aromatic N) is 1. The average Bonchev–Trinajstić information content (AvgIpc) is 2.77. The number of carbonyl (C=O) groups is 1. The minimum absolute atomic E-state index is 0.00218. The number of aromatic nitrogens is 1. The number of carbonyl (C=O) groups excluding carboxylic acids is 1. The maximum absolute atomic E-state index is 11.2. The predicted octanol–water partition coefficient (Wildman–Crippen LogP) is 0.943. The molecule has 1 amide bonds. The first-order valence-corrected chi connectivity index (χ1v) is 6.81. The van der Waals surface area contributed by atoms with Crippen molar-refractivity contribution < 1.29 is 4.79 Å². The predicted molar refractivity (Wildman–Crippen MR) is 69.1 cm³/mol. The molecule has 0 saturated carbocycles. The SMILES string of the molecule is CNC(=O)Cc1csc(NC2CCCCN2)n1. The third-order valence-corrected chi connectivity index (χ3v) is 3.60. The van der Waals surface area contributed by atoms with Crippen molar-refractivity contribution in [3.63, 3.8) is 0 Å². The summed E-state index contributed by atoms with van der Waals surface area (Å²) in [5.74, 6) is -0.00218. The highest BCUT2D eigenvalue weighted by Gasteiger charge is 2.14. The molecule has 1 aromatic heterocycles. The highest BCUT2D eigenvalue weighted by Crippen LogP contribution is 2.18. The fourth-order valence-corrected chi connectivity index (χ4v) is 2.60. The first kappa shape index (κ1) is 12.3. The van der Waals surface area contributed by atoms with E-state index in [9.17, 15) is 4.79 Å². The van der Waals surface area contributed by atoms with E-state index in [0.29, 0.717) is 12.6 Å². The van der Waals surface area contributed by atoms with Crippen molar-refractivity contribution in [1.82, 2.24) is 15.6 Å². The third kappa shape index (κ3) is 3.67. The van der Waals surface area contributed by atoms with Gasteiger partial charge in [-0.05, 0) is 25.8 Å². The number of hydrogen-bond donors (Lipinski definition) is 3. The zero-order valence-electron chi connectivity index (χ0n) is 9.95. The topological polar surface area (TPSA) is 66.1 Å². The van der Waals surface area contributed by atoms with Gasteiger partial charge in [-0.25, -0.2) is 4.98 Å². The summed E-state index contributed by atoms with van der Waals surface area (Å²) in [6, 6.07) is 0. The van der Waals surface area contributed by atoms with E-state index in [4.69, 9.17) is 0 Å². The molecule has 3 N–H and O–H groups in total. The molecule has 1 saturated heterocycles. The summed E-state index contributed by atoms with van der Waals surface area (Å²) in [4.78, 5) is 15.6. The van der Waals surface area contributed by atoms with Gasteiger partial charge in [0.2, 0.25) is 5.91 Å². The fraction of sp³-hybridized carbons (Fsp3) is 0.636. The van der Waals surface area contributed by atoms with Gasteiger partial charge in [-0.15, -0.1) is 11.3 Å². The number of anilines is 1. The fourth-order valence-electron chi connectivity index (χ4n) is 1.83. The van der Waals surface area contributed by atoms with E-state index in [1.165, 1.54) is 12.8 Å². The number of amides is 1. The maximum Gasteiger partial charge on any atom is 0.225 e. The summed E-state index contributed by atoms with van der Waals surface area (Å²) < 4.78 is 0. The molecule has 2 rings (SSSR count). The number of thiazole rings is 1. The average molecular weight is 254 g/mol. The molecule has 1 aliphatic rings. The number of likely N-dealkylation sites (N-methyl/N-ethyl adjacent to an activating group) is 1. The van der Waals surface area contributed by atoms with Gasteiger partial charge in [0.05, 0.1) is 18.3 Å². The molecule has 1 unspecified atom stereocenters. The Morgan fingerprint density at radius 2 is 2.53 bits per heavy atom. The van der Waals surface area contributed by atoms with E-state index < -0.39 is 0 Å². The maximum atomic E-state index is 11.2. The van der Waals surface area contributed by atoms with Gasteiger partial charge in [-0.1, -0.05) is 0 Å². The molecule has 0 aliphatic carbocycles. The van der Waals surface area contributed by atoms with Crippen LogP contribution in [-0.4, -0.2) is 30.6 Å². The zero-order valence-corrected chi connectivity index (χ0v) is 10.8. The molecule has 1 fully saturated rings. The van der Waals surface area contributed by atoms with Gasteiger partial charge in [0.15, 0.2) is 5.13 Å². The van der Waals surface area contributed by atoms with Crippen molar-refractivity contribution in [3.05, 3.63) is 11.1 Å². The minimum Gasteiger partial charge on any atom is -0.359 e. The van der Waals surface area contributed by atoms with Crippen LogP contribution in [0.25, 0.3) is 0 Å². The smallest absolute Gasteiger partial charge is 0.225 e. The number of rotatable bonds is 4. The molecular weight excluding hydrogens is 236 g/mol. The second-order valence-corrected chi connectivity index (χ2v) is 5.00. The van der Waals surface area contributed by atoms with Crippen LogP contribution >= 0.6 is 11.3 Å². The second-order valence-electron chi connectivity index (χ2n) is 4.14. The van der Waals surface area contributed by atoms with Crippen molar-refractivity contribution in [2.45, 2.75) is 31.8 Å². The van der Waals surface area contributed by atoms with Crippen LogP contribution in [-0.2, 0) is 11.2 Å². The highest BCUT2D eigenvalue weighted by molar-refractivity contribution is 7.13. The molecular formula is C11H18N4OS. The molecule has 0 aromatic carbocycles. The summed E-state index contributed by atoms with van der Waals surface area (Å²) in [5.41, 5.74) is 0.827. The molecule has 0 spiro atoms. The van der Waals surface area contributed by atoms with E-state index in [1.54, 1.807) is 18.4 Å². The van der Waals surface area contributed by atoms with Crippen LogP contribution < -0.4 is 16.0 Å². The van der Waals surface area contributed by atoms with Crippen LogP contribution in [0.15, 0.2) is 5.38 Å². The number of nitrogens with one attached hydrogen (secondary N) is 3. The molecule has 5 nitrogen and oxygen atoms in total. The van der Waals surface area contributed by atoms with E-state index >= 15 is 0 Å². The van der Waals surface area contributed by atoms with E-state index in [0.717, 1.165) is 23.8 Å². The first-order valence-electron chi connectivity index (χ1n) is 5.93. The molecule has 2 heterocycles. The highest BCUT2D eigenvalue weighted by atomic mass is 32.1. The number of hydrogen-bond acceptors (Lipinski definition) is 5. The van der Waals surface area contributed by atoms with Gasteiger partial charge in [-0.3, -0.25) is 10.1 Å². The van der Waals surface area contributed by atoms with Crippen molar-refractivity contribution >= 4 is 22.4 Å². The van der Waals surface area contributed by atoms with Gasteiger partial charge in [-0.2, -0.15) is 0 Å². The standard InChI is InChI=1S/C11H18N4OS/c1-12-10(16)6-8-7-17-11(14-8)15-9-4-2-3-5-13-9/h7,9,13H,2-6H2,1H3,(H,12,16)(H,14,15). The lowest BCUT2D eigenvalue weighted by molar-refractivity contribution is -0.120. The number of piperidine rings is 1. The summed E-state index contributed by atoms with van der Waals surface area (Å²) in [7, 11) is 1.64. The van der Waals surface area contributed by atoms with Gasteiger partial charge in [0.25, 0.3) is 0 Å². The summed E-state index contributed by atoms with van der Waals surface area (Å²) >= 11 is 1.55. The van der Waals surface area contributed by atoms with Crippen molar-refractivity contribution in [2.24, 2.45) is 0 Å². The molecule has 94 valence electrons. The van der Waals surface area contributed by atoms with Crippen LogP contribution in [0.1, 0.15) is 25.0 Å². The van der Waals surface area contributed by atoms with Gasteiger partial charge in [0, 0.05) is 12.4 Å². The first-order chi connectivity index (χ1) is 8.28. The van der Waals surface area contributed by atoms with E-state index in [1.807, 2.05) is 5.38 Å². The summed E-state index contributed by atoms with van der Waals surface area (Å²) in [6.45, 7) is 1.06. The Labute approximate surface area is 105 Å². The lowest BCUT2D eigenvalue weighted by Crippen LogP contribution is -2.39. The Morgan fingerprint density at radius 1 is 1.65 bits per heavy atom. The molecule has 1 aliphatic heterocycles. The Hall–Kier alpha value is -1.14. The Bertz CT molecular complexity index is 373. The van der Waals surface area contributed by atoms with Crippen LogP contribution in [0.5, 0.6) is 0 Å². The Balaban J connectivity index is 1.86. The van der Waals surface area contributed by atoms with Crippen LogP contribution in [0, 0.1) is 0 Å². The summed E-state index contributed by atoms with van der Waals surface area (Å²) in [6.07, 6.45) is 4.30. The van der Waals surface area contributed by atoms with E-state index in [2.05, 4.69) is 20.9 Å². The summed E-state index contributed by atoms with van der Waals surface area (Å²) in [5, 5.41) is 12.2. The quantitative estimate of drug-likeness (QED) is 0.748. The molecule has 0 radical (unpaired) electrons. The van der Waals surface area contributed by atoms with Crippen molar-refractivity contribution in [1.29, 1.82) is 0 Å². The zero-order chi connectivity index (χ0) is 12.1. The van der Waals surface area contributed by atoms with Gasteiger partial charge in [0.1, 0.15) is 0 Å². The van der Waals surface area contributed by atoms with Crippen LogP contribution in [0.2, 0.25) is 0 Å². The normalized spacial score (nSPS) is 19.9. The van der Waals surface area contributed by atoms with Crippen LogP contribution in [0.3, 0.4) is 0 Å². The monoisotopic (exact) mass is 254 g/mol. The second kappa shape index (κ2) is 5.97. The van der Waals surface area contributed by atoms with Crippen molar-refractivity contribution in [3.8, 4) is 0 Å². The molecule has 0 bridgehead atoms. The van der Waals surface area contributed by atoms with Gasteiger partial charge < -0.3 is 10.6 Å². The van der Waals surface area contributed by atoms with E-state index in [-0.39, 0.29) is 5.91 Å². The molecule has 1 atom stereocenters. The largest absolute Gasteiger partial charge is 0.359 e. The lowest BCUT2D eigenvalue weighted by atomic mass is 10.1. The van der Waals surface area contributed by atoms with Crippen LogP contribution in [0.4, 0.5) is 5.13 Å².